The lowest BCUT2D eigenvalue weighted by Crippen LogP contribution is -2.24. The van der Waals surface area contributed by atoms with Crippen molar-refractivity contribution in [3.05, 3.63) is 58.5 Å². The van der Waals surface area contributed by atoms with Crippen LogP contribution >= 0.6 is 11.3 Å². The molecule has 27 heavy (non-hydrogen) atoms. The van der Waals surface area contributed by atoms with Gasteiger partial charge in [0.2, 0.25) is 5.13 Å². The lowest BCUT2D eigenvalue weighted by molar-refractivity contribution is 0.243. The number of nitrogens with one attached hydrogen (secondary N) is 1. The minimum absolute atomic E-state index is 0.305. The molecule has 1 fully saturated rings. The maximum Gasteiger partial charge on any atom is 0.211 e. The van der Waals surface area contributed by atoms with Crippen molar-refractivity contribution in [2.24, 2.45) is 0 Å². The van der Waals surface area contributed by atoms with Gasteiger partial charge in [-0.1, -0.05) is 42.5 Å². The van der Waals surface area contributed by atoms with Gasteiger partial charge in [0.25, 0.3) is 0 Å². The van der Waals surface area contributed by atoms with E-state index in [-0.39, 0.29) is 0 Å². The summed E-state index contributed by atoms with van der Waals surface area (Å²) in [5.41, 5.74) is 3.74. The third-order valence-electron chi connectivity index (χ3n) is 5.00. The average Bonchev–Trinajstić information content (AvgIpc) is 3.33. The van der Waals surface area contributed by atoms with Crippen molar-refractivity contribution in [2.75, 3.05) is 11.9 Å². The molecular formula is C20H24N6S. The Bertz CT molecular complexity index is 909. The van der Waals surface area contributed by atoms with Crippen molar-refractivity contribution in [1.82, 2.24) is 25.1 Å². The van der Waals surface area contributed by atoms with Crippen LogP contribution in [0.5, 0.6) is 0 Å². The van der Waals surface area contributed by atoms with Gasteiger partial charge in [-0.2, -0.15) is 0 Å². The lowest BCUT2D eigenvalue weighted by Gasteiger charge is -2.24. The van der Waals surface area contributed by atoms with Crippen LogP contribution in [0.1, 0.15) is 47.6 Å². The zero-order valence-electron chi connectivity index (χ0n) is 15.7. The summed E-state index contributed by atoms with van der Waals surface area (Å²) in [5, 5.41) is 13.3. The predicted molar refractivity (Wildman–Crippen MR) is 108 cm³/mol. The summed E-state index contributed by atoms with van der Waals surface area (Å²) in [4.78, 5) is 11.7. The monoisotopic (exact) mass is 380 g/mol. The van der Waals surface area contributed by atoms with E-state index >= 15 is 0 Å². The van der Waals surface area contributed by atoms with Gasteiger partial charge < -0.3 is 5.32 Å². The molecule has 4 rings (SSSR count). The zero-order valence-corrected chi connectivity index (χ0v) is 16.5. The molecule has 0 radical (unpaired) electrons. The molecule has 0 aliphatic carbocycles. The van der Waals surface area contributed by atoms with Crippen LogP contribution in [-0.4, -0.2) is 31.6 Å². The Morgan fingerprint density at radius 1 is 1.22 bits per heavy atom. The summed E-state index contributed by atoms with van der Waals surface area (Å²) in [7, 11) is 0. The number of benzene rings is 1. The molecule has 1 aliphatic heterocycles. The maximum absolute atomic E-state index is 4.82. The predicted octanol–water partition coefficient (Wildman–Crippen LogP) is 4.28. The van der Waals surface area contributed by atoms with Crippen molar-refractivity contribution >= 4 is 22.3 Å². The second-order valence-electron chi connectivity index (χ2n) is 6.86. The standard InChI is InChI=1S/C20H24N6S/c1-3-19-24-25-20(27-19)23-18-12-21-11-16(22-18)17-9-6-10-26(17)13-15-8-5-4-7-14(15)2/h4-5,7-8,11-12,17H,3,6,9-10,13H2,1-2H3,(H,22,23,25)/t17-/m1/s1. The third kappa shape index (κ3) is 4.14. The molecule has 0 spiro atoms. The molecule has 0 amide bonds. The van der Waals surface area contributed by atoms with Gasteiger partial charge in [0.15, 0.2) is 5.82 Å². The Morgan fingerprint density at radius 3 is 2.93 bits per heavy atom. The first-order valence-corrected chi connectivity index (χ1v) is 10.2. The summed E-state index contributed by atoms with van der Waals surface area (Å²) in [6.45, 7) is 6.30. The van der Waals surface area contributed by atoms with Gasteiger partial charge in [-0.25, -0.2) is 4.98 Å². The van der Waals surface area contributed by atoms with Crippen molar-refractivity contribution in [2.45, 2.75) is 45.7 Å². The van der Waals surface area contributed by atoms with Crippen LogP contribution in [0.3, 0.4) is 0 Å². The zero-order chi connectivity index (χ0) is 18.6. The van der Waals surface area contributed by atoms with E-state index < -0.39 is 0 Å². The molecular weight excluding hydrogens is 356 g/mol. The molecule has 7 heteroatoms. The molecule has 0 bridgehead atoms. The number of anilines is 2. The Kier molecular flexibility index (Phi) is 5.40. The molecule has 140 valence electrons. The number of likely N-dealkylation sites (tertiary alicyclic amines) is 1. The van der Waals surface area contributed by atoms with Crippen LogP contribution in [0.2, 0.25) is 0 Å². The van der Waals surface area contributed by atoms with E-state index in [0.29, 0.717) is 6.04 Å². The van der Waals surface area contributed by atoms with Crippen LogP contribution in [-0.2, 0) is 13.0 Å². The van der Waals surface area contributed by atoms with Gasteiger partial charge >= 0.3 is 0 Å². The first kappa shape index (κ1) is 18.0. The van der Waals surface area contributed by atoms with Crippen LogP contribution in [0.25, 0.3) is 0 Å². The summed E-state index contributed by atoms with van der Waals surface area (Å²) in [6.07, 6.45) is 6.83. The summed E-state index contributed by atoms with van der Waals surface area (Å²) in [5.74, 6) is 0.731. The SMILES string of the molecule is CCc1nnc(Nc2cncc([C@H]3CCCN3Cc3ccccc3C)n2)s1. The highest BCUT2D eigenvalue weighted by atomic mass is 32.1. The van der Waals surface area contributed by atoms with Gasteiger partial charge in [0.05, 0.1) is 24.1 Å². The molecule has 0 unspecified atom stereocenters. The Hall–Kier alpha value is -2.38. The highest BCUT2D eigenvalue weighted by Crippen LogP contribution is 2.33. The molecule has 1 aromatic carbocycles. The second kappa shape index (κ2) is 8.10. The first-order valence-electron chi connectivity index (χ1n) is 9.43. The van der Waals surface area contributed by atoms with E-state index in [4.69, 9.17) is 4.98 Å². The number of aromatic nitrogens is 4. The fourth-order valence-corrected chi connectivity index (χ4v) is 4.20. The van der Waals surface area contributed by atoms with Crippen molar-refractivity contribution < 1.29 is 0 Å². The van der Waals surface area contributed by atoms with E-state index in [9.17, 15) is 0 Å². The van der Waals surface area contributed by atoms with E-state index in [2.05, 4.69) is 63.5 Å². The molecule has 6 nitrogen and oxygen atoms in total. The van der Waals surface area contributed by atoms with Crippen molar-refractivity contribution in [3.63, 3.8) is 0 Å². The van der Waals surface area contributed by atoms with Gasteiger partial charge in [0, 0.05) is 6.54 Å². The number of hydrogen-bond acceptors (Lipinski definition) is 7. The summed E-state index contributed by atoms with van der Waals surface area (Å²) in [6, 6.07) is 8.91. The summed E-state index contributed by atoms with van der Waals surface area (Å²) >= 11 is 1.56. The third-order valence-corrected chi connectivity index (χ3v) is 5.98. The van der Waals surface area contributed by atoms with Crippen LogP contribution in [0, 0.1) is 6.92 Å². The van der Waals surface area contributed by atoms with Crippen molar-refractivity contribution in [3.8, 4) is 0 Å². The molecule has 1 saturated heterocycles. The minimum Gasteiger partial charge on any atom is -0.313 e. The van der Waals surface area contributed by atoms with Crippen molar-refractivity contribution in [1.29, 1.82) is 0 Å². The van der Waals surface area contributed by atoms with Gasteiger partial charge in [0.1, 0.15) is 5.01 Å². The molecule has 3 aromatic rings. The first-order chi connectivity index (χ1) is 13.2. The minimum atomic E-state index is 0.305. The number of rotatable bonds is 6. The quantitative estimate of drug-likeness (QED) is 0.688. The molecule has 2 aromatic heterocycles. The van der Waals surface area contributed by atoms with Crippen LogP contribution < -0.4 is 5.32 Å². The number of hydrogen-bond donors (Lipinski definition) is 1. The molecule has 1 atom stereocenters. The summed E-state index contributed by atoms with van der Waals surface area (Å²) < 4.78 is 0. The second-order valence-corrected chi connectivity index (χ2v) is 7.93. The topological polar surface area (TPSA) is 66.8 Å². The molecule has 0 saturated carbocycles. The number of nitrogens with zero attached hydrogens (tertiary/aromatic N) is 5. The molecule has 1 aliphatic rings. The average molecular weight is 381 g/mol. The smallest absolute Gasteiger partial charge is 0.211 e. The van der Waals surface area contributed by atoms with Gasteiger partial charge in [-0.15, -0.1) is 10.2 Å². The fourth-order valence-electron chi connectivity index (χ4n) is 3.52. The lowest BCUT2D eigenvalue weighted by atomic mass is 10.1. The Morgan fingerprint density at radius 2 is 2.11 bits per heavy atom. The van der Waals surface area contributed by atoms with Crippen LogP contribution in [0.15, 0.2) is 36.7 Å². The van der Waals surface area contributed by atoms with Crippen LogP contribution in [0.4, 0.5) is 10.9 Å². The normalized spacial score (nSPS) is 17.3. The molecule has 3 heterocycles. The van der Waals surface area contributed by atoms with Gasteiger partial charge in [-0.05, 0) is 43.9 Å². The highest BCUT2D eigenvalue weighted by Gasteiger charge is 2.28. The van der Waals surface area contributed by atoms with E-state index in [1.807, 2.05) is 6.20 Å². The molecule has 1 N–H and O–H groups in total. The Labute approximate surface area is 163 Å². The van der Waals surface area contributed by atoms with Gasteiger partial charge in [-0.3, -0.25) is 9.88 Å². The van der Waals surface area contributed by atoms with E-state index in [1.54, 1.807) is 17.5 Å². The highest BCUT2D eigenvalue weighted by molar-refractivity contribution is 7.15. The van der Waals surface area contributed by atoms with E-state index in [0.717, 1.165) is 47.6 Å². The van der Waals surface area contributed by atoms with E-state index in [1.165, 1.54) is 17.5 Å². The number of aryl methyl sites for hydroxylation is 2. The Balaban J connectivity index is 1.51. The fraction of sp³-hybridized carbons (Fsp3) is 0.400. The maximum atomic E-state index is 4.82. The largest absolute Gasteiger partial charge is 0.313 e.